The van der Waals surface area contributed by atoms with Crippen molar-refractivity contribution in [3.63, 3.8) is 0 Å². The number of rotatable bonds is 5. The van der Waals surface area contributed by atoms with Crippen molar-refractivity contribution in [2.75, 3.05) is 37.0 Å². The molecule has 3 aromatic rings. The first-order chi connectivity index (χ1) is 15.4. The molecule has 168 valence electrons. The van der Waals surface area contributed by atoms with Gasteiger partial charge in [-0.1, -0.05) is 35.3 Å². The second kappa shape index (κ2) is 9.94. The normalized spacial score (nSPS) is 16.2. The summed E-state index contributed by atoms with van der Waals surface area (Å²) < 4.78 is 9.81. The number of hydrogen-bond donors (Lipinski definition) is 1. The van der Waals surface area contributed by atoms with Crippen LogP contribution in [-0.2, 0) is 6.42 Å². The van der Waals surface area contributed by atoms with Crippen molar-refractivity contribution in [3.8, 4) is 5.75 Å². The van der Waals surface area contributed by atoms with Gasteiger partial charge in [0.1, 0.15) is 11.6 Å². The van der Waals surface area contributed by atoms with Crippen molar-refractivity contribution in [1.29, 1.82) is 0 Å². The first-order valence-corrected chi connectivity index (χ1v) is 11.7. The minimum atomic E-state index is -0.161. The molecule has 0 bridgehead atoms. The van der Waals surface area contributed by atoms with Gasteiger partial charge in [-0.25, -0.2) is 9.78 Å². The molecule has 1 atom stereocenters. The molecule has 0 aliphatic carbocycles. The van der Waals surface area contributed by atoms with Crippen molar-refractivity contribution in [2.24, 2.45) is 0 Å². The number of carbonyl (C=O) groups excluding carboxylic acids is 1. The summed E-state index contributed by atoms with van der Waals surface area (Å²) in [5.74, 6) is 1.60. The van der Waals surface area contributed by atoms with Gasteiger partial charge < -0.3 is 19.9 Å². The molecule has 2 heterocycles. The van der Waals surface area contributed by atoms with Gasteiger partial charge in [-0.3, -0.25) is 0 Å². The number of urea groups is 1. The lowest BCUT2D eigenvalue weighted by atomic mass is 10.1. The Morgan fingerprint density at radius 2 is 2.06 bits per heavy atom. The molecular weight excluding hydrogens is 469 g/mol. The highest BCUT2D eigenvalue weighted by molar-refractivity contribution is 7.09. The fraction of sp³-hybridized carbons (Fsp3) is 0.318. The molecule has 32 heavy (non-hydrogen) atoms. The van der Waals surface area contributed by atoms with Crippen LogP contribution >= 0.6 is 34.7 Å². The molecule has 1 aliphatic rings. The highest BCUT2D eigenvalue weighted by Crippen LogP contribution is 2.26. The van der Waals surface area contributed by atoms with Crippen molar-refractivity contribution in [2.45, 2.75) is 19.4 Å². The van der Waals surface area contributed by atoms with Crippen molar-refractivity contribution >= 4 is 51.6 Å². The third kappa shape index (κ3) is 5.26. The number of benzene rings is 2. The van der Waals surface area contributed by atoms with E-state index in [1.54, 1.807) is 25.3 Å². The minimum Gasteiger partial charge on any atom is -0.497 e. The average Bonchev–Trinajstić information content (AvgIpc) is 3.24. The van der Waals surface area contributed by atoms with Gasteiger partial charge in [0, 0.05) is 49.3 Å². The summed E-state index contributed by atoms with van der Waals surface area (Å²) in [6.07, 6.45) is 0.648. The number of methoxy groups -OCH3 is 1. The van der Waals surface area contributed by atoms with Gasteiger partial charge in [0.25, 0.3) is 0 Å². The van der Waals surface area contributed by atoms with Gasteiger partial charge in [-0.2, -0.15) is 4.37 Å². The van der Waals surface area contributed by atoms with Gasteiger partial charge in [0.2, 0.25) is 5.13 Å². The highest BCUT2D eigenvalue weighted by Gasteiger charge is 2.29. The number of aromatic nitrogens is 2. The molecule has 0 saturated carbocycles. The van der Waals surface area contributed by atoms with E-state index in [1.165, 1.54) is 11.5 Å². The van der Waals surface area contributed by atoms with Crippen LogP contribution in [-0.4, -0.2) is 53.1 Å². The first kappa shape index (κ1) is 22.6. The minimum absolute atomic E-state index is 0.0113. The molecule has 0 spiro atoms. The summed E-state index contributed by atoms with van der Waals surface area (Å²) in [6, 6.07) is 12.8. The standard InChI is InChI=1S/C22H23Cl2N5O2S/c1-14-13-28(8-9-29(14)21(30)25-16-6-7-18(23)19(24)12-16)22-26-20(27-32-22)11-15-4-3-5-17(10-15)31-2/h3-7,10,12,14H,8-9,11,13H2,1-2H3,(H,25,30). The van der Waals surface area contributed by atoms with E-state index in [9.17, 15) is 4.79 Å². The number of nitrogens with zero attached hydrogens (tertiary/aromatic N) is 4. The maximum Gasteiger partial charge on any atom is 0.322 e. The molecule has 2 amide bonds. The Kier molecular flexibility index (Phi) is 7.03. The van der Waals surface area contributed by atoms with Crippen molar-refractivity contribution in [3.05, 3.63) is 63.9 Å². The zero-order chi connectivity index (χ0) is 22.7. The van der Waals surface area contributed by atoms with Crippen LogP contribution in [0.4, 0.5) is 15.6 Å². The molecule has 2 aromatic carbocycles. The predicted octanol–water partition coefficient (Wildman–Crippen LogP) is 5.19. The maximum absolute atomic E-state index is 12.8. The summed E-state index contributed by atoms with van der Waals surface area (Å²) in [6.45, 7) is 3.98. The fourth-order valence-corrected chi connectivity index (χ4v) is 4.63. The molecule has 1 unspecified atom stereocenters. The monoisotopic (exact) mass is 491 g/mol. The lowest BCUT2D eigenvalue weighted by molar-refractivity contribution is 0.185. The number of amides is 2. The van der Waals surface area contributed by atoms with Crippen LogP contribution in [0.2, 0.25) is 10.0 Å². The van der Waals surface area contributed by atoms with E-state index in [2.05, 4.69) is 14.6 Å². The summed E-state index contributed by atoms with van der Waals surface area (Å²) >= 11 is 13.4. The van der Waals surface area contributed by atoms with Crippen LogP contribution in [0.1, 0.15) is 18.3 Å². The lowest BCUT2D eigenvalue weighted by Crippen LogP contribution is -2.55. The molecule has 1 saturated heterocycles. The number of halogens is 2. The number of nitrogens with one attached hydrogen (secondary N) is 1. The van der Waals surface area contributed by atoms with E-state index < -0.39 is 0 Å². The van der Waals surface area contributed by atoms with Gasteiger partial charge in [0.05, 0.1) is 17.2 Å². The largest absolute Gasteiger partial charge is 0.497 e. The SMILES string of the molecule is COc1cccc(Cc2nsc(N3CCN(C(=O)Nc4ccc(Cl)c(Cl)c4)C(C)C3)n2)c1. The van der Waals surface area contributed by atoms with Crippen LogP contribution in [0.5, 0.6) is 5.75 Å². The Morgan fingerprint density at radius 3 is 2.81 bits per heavy atom. The van der Waals surface area contributed by atoms with Crippen LogP contribution in [0.25, 0.3) is 0 Å². The Bertz CT molecular complexity index is 1110. The van der Waals surface area contributed by atoms with E-state index >= 15 is 0 Å². The van der Waals surface area contributed by atoms with Crippen molar-refractivity contribution < 1.29 is 9.53 Å². The van der Waals surface area contributed by atoms with E-state index in [-0.39, 0.29) is 12.1 Å². The van der Waals surface area contributed by atoms with Gasteiger partial charge in [-0.15, -0.1) is 0 Å². The van der Waals surface area contributed by atoms with Gasteiger partial charge >= 0.3 is 6.03 Å². The van der Waals surface area contributed by atoms with Gasteiger partial charge in [0.15, 0.2) is 0 Å². The number of ether oxygens (including phenoxy) is 1. The average molecular weight is 492 g/mol. The topological polar surface area (TPSA) is 70.6 Å². The second-order valence-corrected chi connectivity index (χ2v) is 9.11. The Balaban J connectivity index is 1.36. The van der Waals surface area contributed by atoms with Crippen LogP contribution in [0.3, 0.4) is 0 Å². The molecule has 7 nitrogen and oxygen atoms in total. The fourth-order valence-electron chi connectivity index (χ4n) is 3.61. The Hall–Kier alpha value is -2.55. The molecule has 4 rings (SSSR count). The third-order valence-electron chi connectivity index (χ3n) is 5.28. The Morgan fingerprint density at radius 1 is 1.22 bits per heavy atom. The second-order valence-electron chi connectivity index (χ2n) is 7.57. The summed E-state index contributed by atoms with van der Waals surface area (Å²) in [5.41, 5.74) is 1.72. The number of hydrogen-bond acceptors (Lipinski definition) is 6. The zero-order valence-electron chi connectivity index (χ0n) is 17.7. The molecule has 1 aliphatic heterocycles. The van der Waals surface area contributed by atoms with Crippen LogP contribution < -0.4 is 15.0 Å². The quantitative estimate of drug-likeness (QED) is 0.531. The van der Waals surface area contributed by atoms with E-state index in [0.29, 0.717) is 41.8 Å². The van der Waals surface area contributed by atoms with Gasteiger partial charge in [-0.05, 0) is 42.8 Å². The van der Waals surface area contributed by atoms with Crippen LogP contribution in [0, 0.1) is 0 Å². The molecule has 1 fully saturated rings. The summed E-state index contributed by atoms with van der Waals surface area (Å²) in [5, 5.41) is 4.63. The summed E-state index contributed by atoms with van der Waals surface area (Å²) in [4.78, 5) is 21.5. The van der Waals surface area contributed by atoms with Crippen LogP contribution in [0.15, 0.2) is 42.5 Å². The number of carbonyl (C=O) groups is 1. The highest BCUT2D eigenvalue weighted by atomic mass is 35.5. The number of anilines is 2. The molecular formula is C22H23Cl2N5O2S. The Labute approximate surface area is 201 Å². The predicted molar refractivity (Wildman–Crippen MR) is 130 cm³/mol. The molecule has 10 heteroatoms. The number of piperazine rings is 1. The summed E-state index contributed by atoms with van der Waals surface area (Å²) in [7, 11) is 1.66. The van der Waals surface area contributed by atoms with Crippen molar-refractivity contribution in [1.82, 2.24) is 14.3 Å². The third-order valence-corrected chi connectivity index (χ3v) is 6.84. The van der Waals surface area contributed by atoms with E-state index in [0.717, 1.165) is 22.3 Å². The first-order valence-electron chi connectivity index (χ1n) is 10.2. The molecule has 0 radical (unpaired) electrons. The van der Waals surface area contributed by atoms with E-state index in [1.807, 2.05) is 36.1 Å². The maximum atomic E-state index is 12.8. The lowest BCUT2D eigenvalue weighted by Gasteiger charge is -2.39. The molecule has 1 aromatic heterocycles. The van der Waals surface area contributed by atoms with E-state index in [4.69, 9.17) is 32.9 Å². The smallest absolute Gasteiger partial charge is 0.322 e. The molecule has 1 N–H and O–H groups in total. The zero-order valence-corrected chi connectivity index (χ0v) is 20.0.